The van der Waals surface area contributed by atoms with Gasteiger partial charge in [-0.2, -0.15) is 10.1 Å². The van der Waals surface area contributed by atoms with E-state index >= 15 is 0 Å². The summed E-state index contributed by atoms with van der Waals surface area (Å²) in [5.41, 5.74) is 0.637. The predicted molar refractivity (Wildman–Crippen MR) is 93.3 cm³/mol. The molecule has 136 valence electrons. The number of hydrogen-bond donors (Lipinski definition) is 0. The van der Waals surface area contributed by atoms with Gasteiger partial charge in [0.2, 0.25) is 5.75 Å². The first-order valence-corrected chi connectivity index (χ1v) is 8.49. The standard InChI is InChI=1S/C19H20N2O5/c1-24-13-6-10(7-14(25-2)17(13)26-3)9-20-21-18(22)15-11-4-5-12(8-11)16(15)19(21)23/h4-7,9,11-12,15-16H,8H2,1-3H3/t11-,12-,15-,16+/m0/s1. The molecule has 1 saturated heterocycles. The number of carbonyl (C=O) groups excluding carboxylic acids is 2. The van der Waals surface area contributed by atoms with Crippen LogP contribution in [-0.2, 0) is 9.59 Å². The molecule has 2 aliphatic carbocycles. The smallest absolute Gasteiger partial charge is 0.254 e. The second-order valence-electron chi connectivity index (χ2n) is 6.69. The van der Waals surface area contributed by atoms with Crippen molar-refractivity contribution in [3.8, 4) is 17.2 Å². The van der Waals surface area contributed by atoms with Gasteiger partial charge in [-0.3, -0.25) is 9.59 Å². The van der Waals surface area contributed by atoms with Crippen LogP contribution in [0.4, 0.5) is 0 Å². The van der Waals surface area contributed by atoms with E-state index in [0.717, 1.165) is 11.4 Å². The Hall–Kier alpha value is -2.83. The summed E-state index contributed by atoms with van der Waals surface area (Å²) in [6.07, 6.45) is 6.49. The Kier molecular flexibility index (Phi) is 3.94. The first-order chi connectivity index (χ1) is 12.6. The van der Waals surface area contributed by atoms with Gasteiger partial charge in [0.05, 0.1) is 39.4 Å². The van der Waals surface area contributed by atoms with Crippen LogP contribution in [0.2, 0.25) is 0 Å². The molecule has 26 heavy (non-hydrogen) atoms. The summed E-state index contributed by atoms with van der Waals surface area (Å²) in [6.45, 7) is 0. The fourth-order valence-electron chi connectivity index (χ4n) is 4.30. The van der Waals surface area contributed by atoms with E-state index in [1.165, 1.54) is 27.5 Å². The van der Waals surface area contributed by atoms with Crippen LogP contribution < -0.4 is 14.2 Å². The fraction of sp³-hybridized carbons (Fsp3) is 0.421. The number of fused-ring (bicyclic) bond motifs is 5. The minimum absolute atomic E-state index is 0.169. The summed E-state index contributed by atoms with van der Waals surface area (Å²) in [7, 11) is 4.57. The quantitative estimate of drug-likeness (QED) is 0.457. The monoisotopic (exact) mass is 356 g/mol. The normalized spacial score (nSPS) is 29.0. The van der Waals surface area contributed by atoms with Crippen LogP contribution in [0, 0.1) is 23.7 Å². The third-order valence-corrected chi connectivity index (χ3v) is 5.46. The van der Waals surface area contributed by atoms with Gasteiger partial charge in [0.1, 0.15) is 0 Å². The van der Waals surface area contributed by atoms with Gasteiger partial charge in [-0.25, -0.2) is 0 Å². The minimum atomic E-state index is -0.255. The molecule has 2 amide bonds. The van der Waals surface area contributed by atoms with E-state index in [-0.39, 0.29) is 35.5 Å². The number of nitrogens with zero attached hydrogens (tertiary/aromatic N) is 2. The zero-order valence-electron chi connectivity index (χ0n) is 14.8. The van der Waals surface area contributed by atoms with Gasteiger partial charge >= 0.3 is 0 Å². The Bertz CT molecular complexity index is 776. The van der Waals surface area contributed by atoms with Crippen LogP contribution >= 0.6 is 0 Å². The number of hydrogen-bond acceptors (Lipinski definition) is 6. The predicted octanol–water partition coefficient (Wildman–Crippen LogP) is 1.85. The largest absolute Gasteiger partial charge is 0.493 e. The van der Waals surface area contributed by atoms with E-state index in [9.17, 15) is 9.59 Å². The van der Waals surface area contributed by atoms with Crippen molar-refractivity contribution in [2.45, 2.75) is 6.42 Å². The van der Waals surface area contributed by atoms with Gasteiger partial charge in [0, 0.05) is 5.56 Å². The maximum absolute atomic E-state index is 12.6. The van der Waals surface area contributed by atoms with Gasteiger partial charge < -0.3 is 14.2 Å². The lowest BCUT2D eigenvalue weighted by molar-refractivity contribution is -0.140. The molecule has 0 aromatic heterocycles. The molecule has 0 radical (unpaired) electrons. The average molecular weight is 356 g/mol. The van der Waals surface area contributed by atoms with Crippen LogP contribution in [0.25, 0.3) is 0 Å². The number of imide groups is 1. The molecular weight excluding hydrogens is 336 g/mol. The second kappa shape index (κ2) is 6.16. The summed E-state index contributed by atoms with van der Waals surface area (Å²) in [5.74, 6) is 0.839. The molecule has 7 heteroatoms. The molecule has 0 unspecified atom stereocenters. The van der Waals surface area contributed by atoms with Crippen molar-refractivity contribution in [3.05, 3.63) is 29.8 Å². The van der Waals surface area contributed by atoms with Crippen molar-refractivity contribution in [1.82, 2.24) is 5.01 Å². The molecule has 7 nitrogen and oxygen atoms in total. The van der Waals surface area contributed by atoms with E-state index in [0.29, 0.717) is 22.8 Å². The molecule has 2 bridgehead atoms. The van der Waals surface area contributed by atoms with Gasteiger partial charge in [-0.15, -0.1) is 0 Å². The fourth-order valence-corrected chi connectivity index (χ4v) is 4.30. The Morgan fingerprint density at radius 2 is 1.50 bits per heavy atom. The van der Waals surface area contributed by atoms with Gasteiger partial charge in [-0.1, -0.05) is 12.2 Å². The van der Waals surface area contributed by atoms with Crippen molar-refractivity contribution >= 4 is 18.0 Å². The van der Waals surface area contributed by atoms with Crippen molar-refractivity contribution < 1.29 is 23.8 Å². The first-order valence-electron chi connectivity index (χ1n) is 8.49. The number of rotatable bonds is 5. The molecule has 4 atom stereocenters. The number of carbonyl (C=O) groups is 2. The van der Waals surface area contributed by atoms with Crippen LogP contribution in [0.1, 0.15) is 12.0 Å². The summed E-state index contributed by atoms with van der Waals surface area (Å²) in [6, 6.07) is 3.42. The topological polar surface area (TPSA) is 77.4 Å². The molecule has 1 aromatic rings. The third-order valence-electron chi connectivity index (χ3n) is 5.46. The van der Waals surface area contributed by atoms with Crippen LogP contribution in [0.5, 0.6) is 17.2 Å². The van der Waals surface area contributed by atoms with E-state index in [4.69, 9.17) is 14.2 Å². The van der Waals surface area contributed by atoms with Crippen LogP contribution in [0.15, 0.2) is 29.4 Å². The Labute approximate surface area is 151 Å². The van der Waals surface area contributed by atoms with Gasteiger partial charge in [0.15, 0.2) is 11.5 Å². The third kappa shape index (κ3) is 2.30. The minimum Gasteiger partial charge on any atom is -0.493 e. The van der Waals surface area contributed by atoms with E-state index in [2.05, 4.69) is 17.3 Å². The lowest BCUT2D eigenvalue weighted by Gasteiger charge is -2.13. The van der Waals surface area contributed by atoms with E-state index in [1.54, 1.807) is 12.1 Å². The number of methoxy groups -OCH3 is 3. The highest BCUT2D eigenvalue weighted by molar-refractivity contribution is 6.06. The zero-order chi connectivity index (χ0) is 18.4. The Balaban J connectivity index is 1.61. The molecule has 1 aromatic carbocycles. The SMILES string of the molecule is COc1cc(C=NN2C(=O)[C@@H]3[C@H](C2=O)[C@H]2C=C[C@H]3C2)cc(OC)c1OC. The lowest BCUT2D eigenvalue weighted by Crippen LogP contribution is -2.28. The maximum atomic E-state index is 12.6. The summed E-state index contributed by atoms with van der Waals surface area (Å²) in [4.78, 5) is 25.3. The van der Waals surface area contributed by atoms with Crippen LogP contribution in [-0.4, -0.2) is 44.4 Å². The Morgan fingerprint density at radius 3 is 1.96 bits per heavy atom. The Morgan fingerprint density at radius 1 is 0.962 bits per heavy atom. The number of benzene rings is 1. The summed E-state index contributed by atoms with van der Waals surface area (Å²) in [5, 5.41) is 5.19. The van der Waals surface area contributed by atoms with E-state index in [1.807, 2.05) is 0 Å². The van der Waals surface area contributed by atoms with Gasteiger partial charge in [0.25, 0.3) is 11.8 Å². The summed E-state index contributed by atoms with van der Waals surface area (Å²) >= 11 is 0. The highest BCUT2D eigenvalue weighted by Gasteiger charge is 2.59. The summed E-state index contributed by atoms with van der Waals surface area (Å²) < 4.78 is 15.9. The second-order valence-corrected chi connectivity index (χ2v) is 6.69. The van der Waals surface area contributed by atoms with Crippen molar-refractivity contribution in [2.24, 2.45) is 28.8 Å². The first kappa shape index (κ1) is 16.6. The highest BCUT2D eigenvalue weighted by atomic mass is 16.5. The van der Waals surface area contributed by atoms with Crippen LogP contribution in [0.3, 0.4) is 0 Å². The zero-order valence-corrected chi connectivity index (χ0v) is 14.8. The molecule has 0 N–H and O–H groups in total. The molecular formula is C19H20N2O5. The van der Waals surface area contributed by atoms with Gasteiger partial charge in [-0.05, 0) is 30.4 Å². The average Bonchev–Trinajstić information content (AvgIpc) is 3.33. The molecule has 2 fully saturated rings. The van der Waals surface area contributed by atoms with Crippen molar-refractivity contribution in [2.75, 3.05) is 21.3 Å². The lowest BCUT2D eigenvalue weighted by atomic mass is 9.85. The molecule has 1 heterocycles. The maximum Gasteiger partial charge on any atom is 0.254 e. The molecule has 3 aliphatic rings. The molecule has 1 saturated carbocycles. The molecule has 0 spiro atoms. The van der Waals surface area contributed by atoms with E-state index < -0.39 is 0 Å². The molecule has 4 rings (SSSR count). The highest BCUT2D eigenvalue weighted by Crippen LogP contribution is 2.52. The van der Waals surface area contributed by atoms with Crippen molar-refractivity contribution in [3.63, 3.8) is 0 Å². The number of ether oxygens (including phenoxy) is 3. The number of allylic oxidation sites excluding steroid dienone is 2. The number of hydrazone groups is 1. The van der Waals surface area contributed by atoms with Crippen molar-refractivity contribution in [1.29, 1.82) is 0 Å². The number of amides is 2. The molecule has 1 aliphatic heterocycles.